The van der Waals surface area contributed by atoms with E-state index in [9.17, 15) is 9.90 Å². The van der Waals surface area contributed by atoms with Crippen LogP contribution in [0.2, 0.25) is 0 Å². The largest absolute Gasteiger partial charge is 0.476 e. The van der Waals surface area contributed by atoms with E-state index in [1.165, 1.54) is 0 Å². The van der Waals surface area contributed by atoms with Gasteiger partial charge in [-0.05, 0) is 42.9 Å². The van der Waals surface area contributed by atoms with E-state index in [4.69, 9.17) is 9.47 Å². The van der Waals surface area contributed by atoms with E-state index in [1.54, 1.807) is 0 Å². The van der Waals surface area contributed by atoms with Crippen molar-refractivity contribution in [3.05, 3.63) is 40.7 Å². The number of rotatable bonds is 6. The number of nitrogens with zero attached hydrogens (tertiary/aromatic N) is 2. The number of benzene rings is 1. The lowest BCUT2D eigenvalue weighted by Gasteiger charge is -2.25. The first-order chi connectivity index (χ1) is 13.0. The van der Waals surface area contributed by atoms with Crippen LogP contribution in [-0.2, 0) is 25.9 Å². The average Bonchev–Trinajstić information content (AvgIpc) is 3.23. The topological polar surface area (TPSA) is 85.6 Å². The SMILES string of the molecule is CC(C)Cn1nc(C(=O)O)c2c1CC[C@H](NCc1ccc3c(c1)OCO3)C2. The van der Waals surface area contributed by atoms with Gasteiger partial charge in [0.15, 0.2) is 17.2 Å². The molecule has 0 fully saturated rings. The third kappa shape index (κ3) is 3.64. The number of carboxylic acids is 1. The minimum atomic E-state index is -0.940. The highest BCUT2D eigenvalue weighted by Crippen LogP contribution is 2.32. The van der Waals surface area contributed by atoms with Crippen molar-refractivity contribution in [2.75, 3.05) is 6.79 Å². The van der Waals surface area contributed by atoms with Gasteiger partial charge in [-0.25, -0.2) is 4.79 Å². The fraction of sp³-hybridized carbons (Fsp3) is 0.500. The van der Waals surface area contributed by atoms with Crippen LogP contribution in [0.25, 0.3) is 0 Å². The summed E-state index contributed by atoms with van der Waals surface area (Å²) in [4.78, 5) is 11.6. The first-order valence-corrected chi connectivity index (χ1v) is 9.45. The molecular weight excluding hydrogens is 346 g/mol. The molecule has 0 amide bonds. The van der Waals surface area contributed by atoms with Crippen LogP contribution >= 0.6 is 0 Å². The highest BCUT2D eigenvalue weighted by Gasteiger charge is 2.29. The second-order valence-corrected chi connectivity index (χ2v) is 7.66. The smallest absolute Gasteiger partial charge is 0.356 e. The van der Waals surface area contributed by atoms with Crippen molar-refractivity contribution < 1.29 is 19.4 Å². The van der Waals surface area contributed by atoms with Crippen LogP contribution in [-0.4, -0.2) is 33.7 Å². The van der Waals surface area contributed by atoms with Crippen LogP contribution in [0.1, 0.15) is 47.6 Å². The molecule has 0 unspecified atom stereocenters. The van der Waals surface area contributed by atoms with Crippen LogP contribution < -0.4 is 14.8 Å². The van der Waals surface area contributed by atoms with Crippen LogP contribution in [0.5, 0.6) is 11.5 Å². The van der Waals surface area contributed by atoms with E-state index >= 15 is 0 Å². The zero-order valence-corrected chi connectivity index (χ0v) is 15.7. The quantitative estimate of drug-likeness (QED) is 0.812. The molecule has 1 atom stereocenters. The lowest BCUT2D eigenvalue weighted by atomic mass is 9.91. The molecular formula is C20H25N3O4. The molecule has 4 rings (SSSR count). The van der Waals surface area contributed by atoms with E-state index in [-0.39, 0.29) is 18.5 Å². The van der Waals surface area contributed by atoms with Crippen LogP contribution in [0, 0.1) is 5.92 Å². The van der Waals surface area contributed by atoms with Gasteiger partial charge in [-0.3, -0.25) is 4.68 Å². The maximum Gasteiger partial charge on any atom is 0.356 e. The molecule has 0 saturated carbocycles. The summed E-state index contributed by atoms with van der Waals surface area (Å²) in [6.45, 7) is 5.97. The molecule has 2 aromatic rings. The molecule has 0 saturated heterocycles. The number of hydrogen-bond acceptors (Lipinski definition) is 5. The second kappa shape index (κ2) is 7.23. The van der Waals surface area contributed by atoms with Crippen molar-refractivity contribution in [2.24, 2.45) is 5.92 Å². The number of ether oxygens (including phenoxy) is 2. The van der Waals surface area contributed by atoms with Gasteiger partial charge in [0.25, 0.3) is 0 Å². The van der Waals surface area contributed by atoms with Crippen molar-refractivity contribution >= 4 is 5.97 Å². The van der Waals surface area contributed by atoms with Gasteiger partial charge in [-0.2, -0.15) is 5.10 Å². The number of carboxylic acid groups (broad SMARTS) is 1. The van der Waals surface area contributed by atoms with Crippen molar-refractivity contribution in [2.45, 2.75) is 52.2 Å². The van der Waals surface area contributed by atoms with E-state index in [2.05, 4.69) is 24.3 Å². The number of hydrogen-bond donors (Lipinski definition) is 2. The van der Waals surface area contributed by atoms with Gasteiger partial charge in [0.2, 0.25) is 6.79 Å². The Morgan fingerprint density at radius 1 is 1.37 bits per heavy atom. The molecule has 7 heteroatoms. The molecule has 0 radical (unpaired) electrons. The van der Waals surface area contributed by atoms with E-state index in [0.717, 1.165) is 47.7 Å². The summed E-state index contributed by atoms with van der Waals surface area (Å²) in [6, 6.07) is 6.18. The van der Waals surface area contributed by atoms with Gasteiger partial charge in [-0.15, -0.1) is 0 Å². The third-order valence-electron chi connectivity index (χ3n) is 5.12. The Hall–Kier alpha value is -2.54. The van der Waals surface area contributed by atoms with Gasteiger partial charge in [0, 0.05) is 30.4 Å². The molecule has 1 aliphatic carbocycles. The molecule has 2 heterocycles. The van der Waals surface area contributed by atoms with Crippen molar-refractivity contribution in [3.63, 3.8) is 0 Å². The number of aromatic carboxylic acids is 1. The normalized spacial score (nSPS) is 18.0. The lowest BCUT2D eigenvalue weighted by molar-refractivity contribution is 0.0688. The van der Waals surface area contributed by atoms with Crippen molar-refractivity contribution in [3.8, 4) is 11.5 Å². The van der Waals surface area contributed by atoms with E-state index in [0.29, 0.717) is 18.9 Å². The number of fused-ring (bicyclic) bond motifs is 2. The summed E-state index contributed by atoms with van der Waals surface area (Å²) in [5.74, 6) is 1.05. The molecule has 0 bridgehead atoms. The summed E-state index contributed by atoms with van der Waals surface area (Å²) in [5, 5.41) is 17.5. The van der Waals surface area contributed by atoms with Gasteiger partial charge in [0.05, 0.1) is 0 Å². The Bertz CT molecular complexity index is 859. The highest BCUT2D eigenvalue weighted by atomic mass is 16.7. The highest BCUT2D eigenvalue weighted by molar-refractivity contribution is 5.87. The van der Waals surface area contributed by atoms with Gasteiger partial charge < -0.3 is 19.9 Å². The fourth-order valence-corrected chi connectivity index (χ4v) is 3.84. The zero-order valence-electron chi connectivity index (χ0n) is 15.7. The van der Waals surface area contributed by atoms with Crippen molar-refractivity contribution in [1.29, 1.82) is 0 Å². The standard InChI is InChI=1S/C20H25N3O4/c1-12(2)10-23-16-5-4-14(8-15(16)19(22-23)20(24)25)21-9-13-3-6-17-18(7-13)27-11-26-17/h3,6-7,12,14,21H,4-5,8-11H2,1-2H3,(H,24,25)/t14-/m0/s1. The predicted molar refractivity (Wildman–Crippen MR) is 99.2 cm³/mol. The Balaban J connectivity index is 1.46. The minimum absolute atomic E-state index is 0.209. The number of aromatic nitrogens is 2. The maximum atomic E-state index is 11.6. The fourth-order valence-electron chi connectivity index (χ4n) is 3.84. The molecule has 27 heavy (non-hydrogen) atoms. The molecule has 0 spiro atoms. The van der Waals surface area contributed by atoms with E-state index < -0.39 is 5.97 Å². The Kier molecular flexibility index (Phi) is 4.78. The molecule has 1 aliphatic heterocycles. The molecule has 1 aromatic heterocycles. The molecule has 1 aromatic carbocycles. The molecule has 2 aliphatic rings. The van der Waals surface area contributed by atoms with Gasteiger partial charge >= 0.3 is 5.97 Å². The average molecular weight is 371 g/mol. The van der Waals surface area contributed by atoms with Gasteiger partial charge in [-0.1, -0.05) is 19.9 Å². The van der Waals surface area contributed by atoms with Crippen LogP contribution in [0.15, 0.2) is 18.2 Å². The summed E-state index contributed by atoms with van der Waals surface area (Å²) in [7, 11) is 0. The molecule has 7 nitrogen and oxygen atoms in total. The Labute approximate surface area is 158 Å². The summed E-state index contributed by atoms with van der Waals surface area (Å²) in [6.07, 6.45) is 2.52. The maximum absolute atomic E-state index is 11.6. The van der Waals surface area contributed by atoms with Crippen LogP contribution in [0.3, 0.4) is 0 Å². The first kappa shape index (κ1) is 17.9. The molecule has 2 N–H and O–H groups in total. The second-order valence-electron chi connectivity index (χ2n) is 7.66. The predicted octanol–water partition coefficient (Wildman–Crippen LogP) is 2.61. The van der Waals surface area contributed by atoms with Crippen LogP contribution in [0.4, 0.5) is 0 Å². The number of nitrogens with one attached hydrogen (secondary N) is 1. The van der Waals surface area contributed by atoms with Crippen molar-refractivity contribution in [1.82, 2.24) is 15.1 Å². The summed E-state index contributed by atoms with van der Waals surface area (Å²) < 4.78 is 12.7. The third-order valence-corrected chi connectivity index (χ3v) is 5.12. The minimum Gasteiger partial charge on any atom is -0.476 e. The zero-order chi connectivity index (χ0) is 19.0. The summed E-state index contributed by atoms with van der Waals surface area (Å²) in [5.41, 5.74) is 3.30. The monoisotopic (exact) mass is 371 g/mol. The van der Waals surface area contributed by atoms with Gasteiger partial charge in [0.1, 0.15) is 0 Å². The molecule has 144 valence electrons. The number of carbonyl (C=O) groups is 1. The summed E-state index contributed by atoms with van der Waals surface area (Å²) >= 11 is 0. The Morgan fingerprint density at radius 2 is 2.19 bits per heavy atom. The Morgan fingerprint density at radius 3 is 2.96 bits per heavy atom. The van der Waals surface area contributed by atoms with E-state index in [1.807, 2.05) is 22.9 Å². The lowest BCUT2D eigenvalue weighted by Crippen LogP contribution is -2.34. The first-order valence-electron chi connectivity index (χ1n) is 9.45.